The number of guanidine groups is 1. The predicted octanol–water partition coefficient (Wildman–Crippen LogP) is 1.55. The first-order chi connectivity index (χ1) is 14.0. The summed E-state index contributed by atoms with van der Waals surface area (Å²) in [6.45, 7) is 7.58. The van der Waals surface area contributed by atoms with Crippen LogP contribution in [-0.4, -0.2) is 88.0 Å². The number of aliphatic imine (C=N–C) groups is 1. The lowest BCUT2D eigenvalue weighted by atomic mass is 10.2. The molecule has 0 aromatic heterocycles. The third-order valence-electron chi connectivity index (χ3n) is 5.70. The molecule has 2 aliphatic heterocycles. The van der Waals surface area contributed by atoms with Gasteiger partial charge in [-0.25, -0.2) is 8.42 Å². The van der Waals surface area contributed by atoms with Gasteiger partial charge in [-0.15, -0.1) is 24.0 Å². The zero-order valence-corrected chi connectivity index (χ0v) is 21.1. The van der Waals surface area contributed by atoms with Gasteiger partial charge in [-0.1, -0.05) is 30.3 Å². The Hall–Kier alpha value is -0.910. The fourth-order valence-electron chi connectivity index (χ4n) is 3.98. The van der Waals surface area contributed by atoms with E-state index in [9.17, 15) is 8.42 Å². The summed E-state index contributed by atoms with van der Waals surface area (Å²) in [5.41, 5.74) is 1.39. The Morgan fingerprint density at radius 3 is 2.43 bits per heavy atom. The van der Waals surface area contributed by atoms with Crippen molar-refractivity contribution in [2.45, 2.75) is 31.8 Å². The molecule has 2 heterocycles. The van der Waals surface area contributed by atoms with E-state index in [1.54, 1.807) is 7.05 Å². The second-order valence-electron chi connectivity index (χ2n) is 8.05. The van der Waals surface area contributed by atoms with Crippen LogP contribution < -0.4 is 10.6 Å². The second kappa shape index (κ2) is 12.8. The highest BCUT2D eigenvalue weighted by Gasteiger charge is 2.28. The van der Waals surface area contributed by atoms with Crippen molar-refractivity contribution in [1.82, 2.24) is 20.4 Å². The molecule has 0 saturated carbocycles. The van der Waals surface area contributed by atoms with Gasteiger partial charge in [-0.05, 0) is 31.4 Å². The highest BCUT2D eigenvalue weighted by Crippen LogP contribution is 2.11. The average molecular weight is 550 g/mol. The zero-order chi connectivity index (χ0) is 20.5. The van der Waals surface area contributed by atoms with Crippen molar-refractivity contribution in [3.63, 3.8) is 0 Å². The molecule has 0 amide bonds. The van der Waals surface area contributed by atoms with Crippen LogP contribution >= 0.6 is 24.0 Å². The number of sulfone groups is 1. The fourth-order valence-corrected chi connectivity index (χ4v) is 5.65. The molecule has 0 spiro atoms. The van der Waals surface area contributed by atoms with Crippen LogP contribution in [0.4, 0.5) is 0 Å². The topological polar surface area (TPSA) is 77.0 Å². The molecule has 2 saturated heterocycles. The average Bonchev–Trinajstić information content (AvgIpc) is 3.07. The Kier molecular flexibility index (Phi) is 10.8. The Bertz CT molecular complexity index is 752. The van der Waals surface area contributed by atoms with Gasteiger partial charge in [0.05, 0.1) is 11.5 Å². The monoisotopic (exact) mass is 549 g/mol. The summed E-state index contributed by atoms with van der Waals surface area (Å²) in [4.78, 5) is 9.30. The lowest BCUT2D eigenvalue weighted by Crippen LogP contribution is -2.46. The number of rotatable bonds is 8. The van der Waals surface area contributed by atoms with Gasteiger partial charge < -0.3 is 15.5 Å². The number of hydrogen-bond acceptors (Lipinski definition) is 5. The summed E-state index contributed by atoms with van der Waals surface area (Å²) >= 11 is 0. The number of unbranched alkanes of at least 4 members (excludes halogenated alkanes) is 1. The molecule has 3 rings (SSSR count). The van der Waals surface area contributed by atoms with Crippen LogP contribution in [0.25, 0.3) is 0 Å². The fraction of sp³-hybridized carbons (Fsp3) is 0.667. The number of piperazine rings is 1. The van der Waals surface area contributed by atoms with E-state index in [-0.39, 0.29) is 41.5 Å². The van der Waals surface area contributed by atoms with Crippen molar-refractivity contribution in [3.8, 4) is 0 Å². The maximum absolute atomic E-state index is 11.6. The summed E-state index contributed by atoms with van der Waals surface area (Å²) in [6.07, 6.45) is 2.90. The summed E-state index contributed by atoms with van der Waals surface area (Å²) < 4.78 is 23.1. The molecular formula is C21H36IN5O2S. The van der Waals surface area contributed by atoms with Crippen LogP contribution in [0.5, 0.6) is 0 Å². The van der Waals surface area contributed by atoms with Crippen molar-refractivity contribution >= 4 is 39.8 Å². The number of hydrogen-bond donors (Lipinski definition) is 2. The Balaban J connectivity index is 0.00000320. The molecule has 2 aliphatic rings. The maximum atomic E-state index is 11.6. The quantitative estimate of drug-likeness (QED) is 0.222. The van der Waals surface area contributed by atoms with E-state index < -0.39 is 9.84 Å². The van der Waals surface area contributed by atoms with E-state index in [1.165, 1.54) is 5.56 Å². The number of nitrogens with zero attached hydrogens (tertiary/aromatic N) is 3. The molecule has 1 unspecified atom stereocenters. The molecule has 0 aliphatic carbocycles. The van der Waals surface area contributed by atoms with Gasteiger partial charge in [-0.2, -0.15) is 0 Å². The van der Waals surface area contributed by atoms with E-state index in [4.69, 9.17) is 0 Å². The van der Waals surface area contributed by atoms with E-state index in [2.05, 4.69) is 55.8 Å². The first-order valence-electron chi connectivity index (χ1n) is 10.7. The molecule has 0 radical (unpaired) electrons. The number of nitrogens with one attached hydrogen (secondary N) is 2. The molecule has 2 N–H and O–H groups in total. The van der Waals surface area contributed by atoms with Gasteiger partial charge >= 0.3 is 0 Å². The third-order valence-corrected chi connectivity index (χ3v) is 7.47. The van der Waals surface area contributed by atoms with Gasteiger partial charge in [0.2, 0.25) is 0 Å². The minimum Gasteiger partial charge on any atom is -0.356 e. The summed E-state index contributed by atoms with van der Waals surface area (Å²) in [6, 6.07) is 10.7. The summed E-state index contributed by atoms with van der Waals surface area (Å²) in [5.74, 6) is 1.20. The second-order valence-corrected chi connectivity index (χ2v) is 10.3. The minimum absolute atomic E-state index is 0. The van der Waals surface area contributed by atoms with Crippen LogP contribution in [0, 0.1) is 0 Å². The molecule has 2 fully saturated rings. The molecule has 30 heavy (non-hydrogen) atoms. The van der Waals surface area contributed by atoms with Crippen LogP contribution in [-0.2, 0) is 16.4 Å². The van der Waals surface area contributed by atoms with Crippen molar-refractivity contribution in [2.75, 3.05) is 57.8 Å². The van der Waals surface area contributed by atoms with Crippen LogP contribution in [0.1, 0.15) is 24.8 Å². The van der Waals surface area contributed by atoms with E-state index in [0.29, 0.717) is 12.4 Å². The first-order valence-corrected chi connectivity index (χ1v) is 12.5. The van der Waals surface area contributed by atoms with Gasteiger partial charge in [-0.3, -0.25) is 9.89 Å². The normalized spacial score (nSPS) is 22.4. The zero-order valence-electron chi connectivity index (χ0n) is 17.9. The SMILES string of the molecule is CN=C(NCCCCN1CCN(Cc2ccccc2)CC1)NC1CCS(=O)(=O)C1.I. The van der Waals surface area contributed by atoms with E-state index in [1.807, 2.05) is 0 Å². The van der Waals surface area contributed by atoms with Gasteiger partial charge in [0.15, 0.2) is 15.8 Å². The van der Waals surface area contributed by atoms with Crippen LogP contribution in [0.2, 0.25) is 0 Å². The Labute approximate surface area is 198 Å². The van der Waals surface area contributed by atoms with E-state index >= 15 is 0 Å². The summed E-state index contributed by atoms with van der Waals surface area (Å²) in [5, 5.41) is 6.54. The lowest BCUT2D eigenvalue weighted by Gasteiger charge is -2.34. The minimum atomic E-state index is -2.87. The Morgan fingerprint density at radius 2 is 1.80 bits per heavy atom. The third kappa shape index (κ3) is 8.68. The molecule has 1 atom stereocenters. The van der Waals surface area contributed by atoms with Crippen molar-refractivity contribution in [3.05, 3.63) is 35.9 Å². The van der Waals surface area contributed by atoms with Crippen molar-refractivity contribution < 1.29 is 8.42 Å². The largest absolute Gasteiger partial charge is 0.356 e. The van der Waals surface area contributed by atoms with Crippen LogP contribution in [0.15, 0.2) is 35.3 Å². The molecular weight excluding hydrogens is 513 g/mol. The lowest BCUT2D eigenvalue weighted by molar-refractivity contribution is 0.126. The maximum Gasteiger partial charge on any atom is 0.191 e. The Morgan fingerprint density at radius 1 is 1.10 bits per heavy atom. The van der Waals surface area contributed by atoms with Gasteiger partial charge in [0, 0.05) is 52.4 Å². The van der Waals surface area contributed by atoms with E-state index in [0.717, 1.165) is 58.7 Å². The van der Waals surface area contributed by atoms with Crippen LogP contribution in [0.3, 0.4) is 0 Å². The smallest absolute Gasteiger partial charge is 0.191 e. The highest BCUT2D eigenvalue weighted by molar-refractivity contribution is 14.0. The molecule has 170 valence electrons. The van der Waals surface area contributed by atoms with Crippen molar-refractivity contribution in [2.24, 2.45) is 4.99 Å². The molecule has 1 aromatic rings. The molecule has 0 bridgehead atoms. The number of halogens is 1. The molecule has 7 nitrogen and oxygen atoms in total. The highest BCUT2D eigenvalue weighted by atomic mass is 127. The van der Waals surface area contributed by atoms with Gasteiger partial charge in [0.25, 0.3) is 0 Å². The molecule has 9 heteroatoms. The van der Waals surface area contributed by atoms with Gasteiger partial charge in [0.1, 0.15) is 0 Å². The first kappa shape index (κ1) is 25.4. The number of benzene rings is 1. The molecule has 1 aromatic carbocycles. The predicted molar refractivity (Wildman–Crippen MR) is 134 cm³/mol. The van der Waals surface area contributed by atoms with Crippen molar-refractivity contribution in [1.29, 1.82) is 0 Å². The summed E-state index contributed by atoms with van der Waals surface area (Å²) in [7, 11) is -1.14. The standard InChI is InChI=1S/C21H35N5O2S.HI/c1-22-21(24-20-9-16-29(27,28)18-20)23-10-5-6-11-25-12-14-26(15-13-25)17-19-7-3-2-4-8-19;/h2-4,7-8,20H,5-6,9-18H2,1H3,(H2,22,23,24);1H.